The molecule has 0 radical (unpaired) electrons. The van der Waals surface area contributed by atoms with Gasteiger partial charge in [-0.1, -0.05) is 12.6 Å². The van der Waals surface area contributed by atoms with Crippen LogP contribution < -0.4 is 15.4 Å². The first kappa shape index (κ1) is 33.7. The number of nitrogens with one attached hydrogen (secondary N) is 2. The SMILES string of the molecule is C=CC(=O)N1CCN(C[C@@H](Oc2cc(C)c(C(=O)Nc3ncc(COC)cc3C)cc2C(=O)NC)c2ccc(C3CC3)cn2)C[C@H]1C. The molecule has 1 saturated carbocycles. The Morgan fingerprint density at radius 2 is 1.83 bits per heavy atom. The van der Waals surface area contributed by atoms with Gasteiger partial charge in [-0.15, -0.1) is 0 Å². The molecule has 11 heteroatoms. The first-order valence-electron chi connectivity index (χ1n) is 16.0. The number of carbonyl (C=O) groups is 3. The van der Waals surface area contributed by atoms with Gasteiger partial charge in [0.05, 0.1) is 17.9 Å². The Labute approximate surface area is 276 Å². The van der Waals surface area contributed by atoms with Crippen LogP contribution in [0.5, 0.6) is 5.75 Å². The monoisotopic (exact) mass is 640 g/mol. The number of hydrogen-bond acceptors (Lipinski definition) is 8. The zero-order valence-corrected chi connectivity index (χ0v) is 27.8. The quantitative estimate of drug-likeness (QED) is 0.276. The zero-order valence-electron chi connectivity index (χ0n) is 27.8. The number of benzene rings is 1. The van der Waals surface area contributed by atoms with Gasteiger partial charge in [0.2, 0.25) is 5.91 Å². The number of methoxy groups -OCH3 is 1. The van der Waals surface area contributed by atoms with Gasteiger partial charge in [0, 0.05) is 64.3 Å². The van der Waals surface area contributed by atoms with Crippen LogP contribution in [0.3, 0.4) is 0 Å². The first-order chi connectivity index (χ1) is 22.6. The molecule has 2 N–H and O–H groups in total. The second-order valence-corrected chi connectivity index (χ2v) is 12.4. The highest BCUT2D eigenvalue weighted by molar-refractivity contribution is 6.07. The molecule has 3 heterocycles. The Kier molecular flexibility index (Phi) is 10.7. The van der Waals surface area contributed by atoms with Crippen LogP contribution in [0.15, 0.2) is 55.4 Å². The molecule has 1 saturated heterocycles. The van der Waals surface area contributed by atoms with E-state index in [1.807, 2.05) is 44.0 Å². The minimum Gasteiger partial charge on any atom is -0.482 e. The molecule has 47 heavy (non-hydrogen) atoms. The summed E-state index contributed by atoms with van der Waals surface area (Å²) in [6, 6.07) is 9.31. The number of nitrogens with zero attached hydrogens (tertiary/aromatic N) is 4. The van der Waals surface area contributed by atoms with E-state index in [2.05, 4.69) is 33.2 Å². The van der Waals surface area contributed by atoms with Crippen LogP contribution >= 0.6 is 0 Å². The molecule has 0 bridgehead atoms. The molecule has 2 atom stereocenters. The number of hydrogen-bond donors (Lipinski definition) is 2. The normalized spacial score (nSPS) is 17.1. The Morgan fingerprint density at radius 3 is 2.45 bits per heavy atom. The molecule has 0 unspecified atom stereocenters. The lowest BCUT2D eigenvalue weighted by Gasteiger charge is -2.40. The summed E-state index contributed by atoms with van der Waals surface area (Å²) in [4.78, 5) is 52.3. The maximum Gasteiger partial charge on any atom is 0.257 e. The number of ether oxygens (including phenoxy) is 2. The van der Waals surface area contributed by atoms with Crippen LogP contribution in [-0.2, 0) is 16.1 Å². The van der Waals surface area contributed by atoms with Crippen molar-refractivity contribution in [2.24, 2.45) is 0 Å². The smallest absolute Gasteiger partial charge is 0.257 e. The van der Waals surface area contributed by atoms with Crippen molar-refractivity contribution in [1.29, 1.82) is 0 Å². The molecule has 1 aliphatic carbocycles. The van der Waals surface area contributed by atoms with Crippen molar-refractivity contribution >= 4 is 23.5 Å². The molecular formula is C36H44N6O5. The minimum absolute atomic E-state index is 0.00381. The average molecular weight is 641 g/mol. The predicted molar refractivity (Wildman–Crippen MR) is 180 cm³/mol. The summed E-state index contributed by atoms with van der Waals surface area (Å²) in [5.74, 6) is 0.503. The van der Waals surface area contributed by atoms with E-state index in [9.17, 15) is 14.4 Å². The fraction of sp³-hybridized carbons (Fsp3) is 0.417. The predicted octanol–water partition coefficient (Wildman–Crippen LogP) is 4.57. The second kappa shape index (κ2) is 14.9. The van der Waals surface area contributed by atoms with Gasteiger partial charge in [-0.25, -0.2) is 4.98 Å². The van der Waals surface area contributed by atoms with Gasteiger partial charge in [-0.05, 0) is 92.1 Å². The van der Waals surface area contributed by atoms with Gasteiger partial charge in [0.1, 0.15) is 11.6 Å². The van der Waals surface area contributed by atoms with E-state index in [1.165, 1.54) is 24.5 Å². The number of amides is 3. The third-order valence-corrected chi connectivity index (χ3v) is 8.77. The molecule has 1 aliphatic heterocycles. The standard InChI is InChI=1S/C36H44N6O5/c1-7-33(43)42-13-12-41(19-24(42)4)20-32(30-11-10-27(18-38-30)26-8-9-26)47-31-15-22(2)28(16-29(31)35(44)37-5)36(45)40-34-23(3)14-25(17-39-34)21-46-6/h7,10-11,14-18,24,26,32H,1,8-9,12-13,19-21H2,2-6H3,(H,37,44)(H,39,40,45)/t24-,32-/m1/s1. The number of aromatic nitrogens is 2. The number of piperazine rings is 1. The first-order valence-corrected chi connectivity index (χ1v) is 16.0. The lowest BCUT2D eigenvalue weighted by Crippen LogP contribution is -2.54. The topological polar surface area (TPSA) is 126 Å². The molecule has 2 aliphatic rings. The lowest BCUT2D eigenvalue weighted by atomic mass is 10.0. The highest BCUT2D eigenvalue weighted by Gasteiger charge is 2.31. The minimum atomic E-state index is -0.517. The largest absolute Gasteiger partial charge is 0.482 e. The zero-order chi connectivity index (χ0) is 33.7. The van der Waals surface area contributed by atoms with Crippen molar-refractivity contribution in [2.75, 3.05) is 45.7 Å². The van der Waals surface area contributed by atoms with Crippen LogP contribution in [0.25, 0.3) is 0 Å². The van der Waals surface area contributed by atoms with Gasteiger partial charge in [-0.2, -0.15) is 0 Å². The number of anilines is 1. The van der Waals surface area contributed by atoms with E-state index in [0.717, 1.165) is 16.8 Å². The van der Waals surface area contributed by atoms with Crippen molar-refractivity contribution in [1.82, 2.24) is 25.1 Å². The van der Waals surface area contributed by atoms with E-state index in [-0.39, 0.29) is 29.3 Å². The maximum atomic E-state index is 13.5. The summed E-state index contributed by atoms with van der Waals surface area (Å²) in [6.45, 7) is 12.1. The summed E-state index contributed by atoms with van der Waals surface area (Å²) in [5, 5.41) is 5.57. The van der Waals surface area contributed by atoms with Gasteiger partial charge in [-0.3, -0.25) is 24.3 Å². The number of carbonyl (C=O) groups excluding carboxylic acids is 3. The molecule has 0 spiro atoms. The van der Waals surface area contributed by atoms with Crippen molar-refractivity contribution in [3.63, 3.8) is 0 Å². The summed E-state index contributed by atoms with van der Waals surface area (Å²) in [6.07, 6.45) is 6.77. The van der Waals surface area contributed by atoms with Gasteiger partial charge < -0.3 is 25.0 Å². The Balaban J connectivity index is 1.42. The molecule has 5 rings (SSSR count). The molecule has 11 nitrogen and oxygen atoms in total. The molecule has 1 aromatic carbocycles. The molecule has 2 fully saturated rings. The van der Waals surface area contributed by atoms with E-state index in [0.29, 0.717) is 61.4 Å². The van der Waals surface area contributed by atoms with Gasteiger partial charge in [0.15, 0.2) is 6.10 Å². The van der Waals surface area contributed by atoms with Gasteiger partial charge >= 0.3 is 0 Å². The van der Waals surface area contributed by atoms with E-state index in [4.69, 9.17) is 14.5 Å². The molecule has 3 aromatic rings. The highest BCUT2D eigenvalue weighted by Crippen LogP contribution is 2.40. The van der Waals surface area contributed by atoms with E-state index >= 15 is 0 Å². The van der Waals surface area contributed by atoms with Crippen LogP contribution in [0.1, 0.15) is 80.5 Å². The lowest BCUT2D eigenvalue weighted by molar-refractivity contribution is -0.130. The molecular weight excluding hydrogens is 596 g/mol. The maximum absolute atomic E-state index is 13.5. The van der Waals surface area contributed by atoms with Crippen LogP contribution in [0.4, 0.5) is 5.82 Å². The number of pyridine rings is 2. The van der Waals surface area contributed by atoms with Crippen molar-refractivity contribution < 1.29 is 23.9 Å². The van der Waals surface area contributed by atoms with Crippen molar-refractivity contribution in [3.8, 4) is 5.75 Å². The summed E-state index contributed by atoms with van der Waals surface area (Å²) < 4.78 is 11.9. The summed E-state index contributed by atoms with van der Waals surface area (Å²) in [5.41, 5.74) is 4.86. The van der Waals surface area contributed by atoms with Crippen LogP contribution in [0.2, 0.25) is 0 Å². The van der Waals surface area contributed by atoms with Crippen LogP contribution in [0, 0.1) is 13.8 Å². The summed E-state index contributed by atoms with van der Waals surface area (Å²) in [7, 11) is 3.16. The van der Waals surface area contributed by atoms with Crippen molar-refractivity contribution in [3.05, 3.63) is 94.5 Å². The fourth-order valence-electron chi connectivity index (χ4n) is 6.01. The molecule has 248 valence electrons. The van der Waals surface area contributed by atoms with Crippen LogP contribution in [-0.4, -0.2) is 83.9 Å². The van der Waals surface area contributed by atoms with E-state index in [1.54, 1.807) is 32.5 Å². The third kappa shape index (κ3) is 8.04. The molecule has 2 aromatic heterocycles. The number of rotatable bonds is 12. The van der Waals surface area contributed by atoms with Gasteiger partial charge in [0.25, 0.3) is 11.8 Å². The average Bonchev–Trinajstić information content (AvgIpc) is 3.91. The molecule has 3 amide bonds. The fourth-order valence-corrected chi connectivity index (χ4v) is 6.01. The van der Waals surface area contributed by atoms with Crippen molar-refractivity contribution in [2.45, 2.75) is 58.3 Å². The Morgan fingerprint density at radius 1 is 1.04 bits per heavy atom. The third-order valence-electron chi connectivity index (χ3n) is 8.77. The number of aryl methyl sites for hydroxylation is 2. The Bertz CT molecular complexity index is 1640. The second-order valence-electron chi connectivity index (χ2n) is 12.4. The Hall–Kier alpha value is -4.61. The summed E-state index contributed by atoms with van der Waals surface area (Å²) >= 11 is 0. The highest BCUT2D eigenvalue weighted by atomic mass is 16.5. The van der Waals surface area contributed by atoms with E-state index < -0.39 is 6.10 Å².